The van der Waals surface area contributed by atoms with Crippen molar-refractivity contribution in [2.24, 2.45) is 11.8 Å². The molecule has 18 heavy (non-hydrogen) atoms. The van der Waals surface area contributed by atoms with E-state index in [-0.39, 0.29) is 6.04 Å². The zero-order valence-electron chi connectivity index (χ0n) is 11.0. The van der Waals surface area contributed by atoms with Gasteiger partial charge in [-0.05, 0) is 36.5 Å². The van der Waals surface area contributed by atoms with Gasteiger partial charge in [0.15, 0.2) is 0 Å². The van der Waals surface area contributed by atoms with E-state index in [9.17, 15) is 8.78 Å². The molecule has 0 amide bonds. The second-order valence-electron chi connectivity index (χ2n) is 4.68. The number of hydrazine groups is 1. The minimum absolute atomic E-state index is 0.199. The summed E-state index contributed by atoms with van der Waals surface area (Å²) >= 11 is 0. The van der Waals surface area contributed by atoms with Gasteiger partial charge in [-0.2, -0.15) is 0 Å². The monoisotopic (exact) mass is 256 g/mol. The first-order valence-electron chi connectivity index (χ1n) is 6.54. The SMILES string of the molecule is CCCC(CCC)C(NN)c1cc(F)cc(F)c1. The fraction of sp³-hybridized carbons (Fsp3) is 0.571. The van der Waals surface area contributed by atoms with Gasteiger partial charge in [0, 0.05) is 12.1 Å². The van der Waals surface area contributed by atoms with Crippen LogP contribution in [0.4, 0.5) is 8.78 Å². The van der Waals surface area contributed by atoms with Gasteiger partial charge < -0.3 is 0 Å². The highest BCUT2D eigenvalue weighted by molar-refractivity contribution is 5.22. The Hall–Kier alpha value is -1.00. The summed E-state index contributed by atoms with van der Waals surface area (Å²) in [6.07, 6.45) is 4.03. The molecule has 0 saturated carbocycles. The van der Waals surface area contributed by atoms with E-state index in [2.05, 4.69) is 19.3 Å². The first kappa shape index (κ1) is 15.1. The van der Waals surface area contributed by atoms with Crippen molar-refractivity contribution < 1.29 is 8.78 Å². The maximum Gasteiger partial charge on any atom is 0.126 e. The molecule has 1 atom stereocenters. The molecule has 0 aliphatic rings. The van der Waals surface area contributed by atoms with Gasteiger partial charge in [0.05, 0.1) is 0 Å². The van der Waals surface area contributed by atoms with Gasteiger partial charge in [0.2, 0.25) is 0 Å². The molecule has 0 saturated heterocycles. The standard InChI is InChI=1S/C14H22F2N2/c1-3-5-10(6-4-2)14(18-17)11-7-12(15)9-13(16)8-11/h7-10,14,18H,3-6,17H2,1-2H3. The Morgan fingerprint density at radius 2 is 1.56 bits per heavy atom. The van der Waals surface area contributed by atoms with Crippen molar-refractivity contribution in [2.75, 3.05) is 0 Å². The van der Waals surface area contributed by atoms with Gasteiger partial charge in [0.25, 0.3) is 0 Å². The lowest BCUT2D eigenvalue weighted by Gasteiger charge is -2.26. The average Bonchev–Trinajstić information content (AvgIpc) is 2.29. The molecule has 102 valence electrons. The van der Waals surface area contributed by atoms with Crippen molar-refractivity contribution in [3.63, 3.8) is 0 Å². The summed E-state index contributed by atoms with van der Waals surface area (Å²) in [5, 5.41) is 0. The van der Waals surface area contributed by atoms with Crippen LogP contribution in [-0.2, 0) is 0 Å². The smallest absolute Gasteiger partial charge is 0.126 e. The third-order valence-electron chi connectivity index (χ3n) is 3.21. The molecule has 0 radical (unpaired) electrons. The van der Waals surface area contributed by atoms with Crippen LogP contribution in [0.15, 0.2) is 18.2 Å². The van der Waals surface area contributed by atoms with E-state index < -0.39 is 11.6 Å². The van der Waals surface area contributed by atoms with Crippen molar-refractivity contribution >= 4 is 0 Å². The zero-order valence-corrected chi connectivity index (χ0v) is 11.0. The number of benzene rings is 1. The van der Waals surface area contributed by atoms with Crippen molar-refractivity contribution in [3.05, 3.63) is 35.4 Å². The Morgan fingerprint density at radius 3 is 1.94 bits per heavy atom. The first-order chi connectivity index (χ1) is 8.62. The predicted octanol–water partition coefficient (Wildman–Crippen LogP) is 3.69. The minimum Gasteiger partial charge on any atom is -0.271 e. The number of hydrogen-bond donors (Lipinski definition) is 2. The Kier molecular flexibility index (Phi) is 6.22. The summed E-state index contributed by atoms with van der Waals surface area (Å²) in [7, 11) is 0. The number of hydrogen-bond acceptors (Lipinski definition) is 2. The minimum atomic E-state index is -0.558. The highest BCUT2D eigenvalue weighted by Gasteiger charge is 2.21. The van der Waals surface area contributed by atoms with Gasteiger partial charge in [-0.3, -0.25) is 11.3 Å². The lowest BCUT2D eigenvalue weighted by Crippen LogP contribution is -2.33. The first-order valence-corrected chi connectivity index (χ1v) is 6.54. The molecule has 1 unspecified atom stereocenters. The van der Waals surface area contributed by atoms with Crippen LogP contribution in [0.1, 0.15) is 51.1 Å². The molecule has 0 aromatic heterocycles. The third kappa shape index (κ3) is 4.03. The summed E-state index contributed by atoms with van der Waals surface area (Å²) in [6, 6.07) is 3.39. The topological polar surface area (TPSA) is 38.0 Å². The van der Waals surface area contributed by atoms with E-state index in [0.717, 1.165) is 31.7 Å². The molecule has 1 aromatic rings. The van der Waals surface area contributed by atoms with Crippen LogP contribution in [0, 0.1) is 17.6 Å². The van der Waals surface area contributed by atoms with Crippen LogP contribution in [0.25, 0.3) is 0 Å². The molecular formula is C14H22F2N2. The fourth-order valence-electron chi connectivity index (χ4n) is 2.48. The van der Waals surface area contributed by atoms with Crippen molar-refractivity contribution in [3.8, 4) is 0 Å². The van der Waals surface area contributed by atoms with Crippen LogP contribution >= 0.6 is 0 Å². The summed E-state index contributed by atoms with van der Waals surface area (Å²) in [5.41, 5.74) is 3.29. The van der Waals surface area contributed by atoms with Crippen LogP contribution < -0.4 is 11.3 Å². The molecule has 0 aliphatic heterocycles. The van der Waals surface area contributed by atoms with Gasteiger partial charge in [-0.1, -0.05) is 26.7 Å². The van der Waals surface area contributed by atoms with Crippen molar-refractivity contribution in [1.82, 2.24) is 5.43 Å². The highest BCUT2D eigenvalue weighted by atomic mass is 19.1. The van der Waals surface area contributed by atoms with Crippen molar-refractivity contribution in [2.45, 2.75) is 45.6 Å². The van der Waals surface area contributed by atoms with E-state index in [1.54, 1.807) is 0 Å². The van der Waals surface area contributed by atoms with Gasteiger partial charge in [-0.25, -0.2) is 8.78 Å². The number of nitrogens with one attached hydrogen (secondary N) is 1. The van der Waals surface area contributed by atoms with Crippen LogP contribution in [0.3, 0.4) is 0 Å². The Morgan fingerprint density at radius 1 is 1.06 bits per heavy atom. The zero-order chi connectivity index (χ0) is 13.5. The molecule has 4 heteroatoms. The van der Waals surface area contributed by atoms with E-state index >= 15 is 0 Å². The van der Waals surface area contributed by atoms with Gasteiger partial charge >= 0.3 is 0 Å². The van der Waals surface area contributed by atoms with E-state index in [1.165, 1.54) is 12.1 Å². The highest BCUT2D eigenvalue weighted by Crippen LogP contribution is 2.29. The molecule has 0 heterocycles. The lowest BCUT2D eigenvalue weighted by atomic mass is 9.86. The summed E-state index contributed by atoms with van der Waals surface area (Å²) in [6.45, 7) is 4.20. The second kappa shape index (κ2) is 7.44. The van der Waals surface area contributed by atoms with Crippen LogP contribution in [0.5, 0.6) is 0 Å². The number of halogens is 2. The quantitative estimate of drug-likeness (QED) is 0.577. The maximum atomic E-state index is 13.3. The fourth-order valence-corrected chi connectivity index (χ4v) is 2.48. The summed E-state index contributed by atoms with van der Waals surface area (Å²) in [4.78, 5) is 0. The molecule has 0 spiro atoms. The Labute approximate surface area is 108 Å². The molecule has 1 rings (SSSR count). The van der Waals surface area contributed by atoms with Gasteiger partial charge in [0.1, 0.15) is 11.6 Å². The molecule has 1 aromatic carbocycles. The summed E-state index contributed by atoms with van der Waals surface area (Å²) < 4.78 is 26.5. The number of rotatable bonds is 7. The molecule has 0 bridgehead atoms. The molecule has 0 aliphatic carbocycles. The molecule has 3 N–H and O–H groups in total. The van der Waals surface area contributed by atoms with Crippen LogP contribution in [0.2, 0.25) is 0 Å². The molecular weight excluding hydrogens is 234 g/mol. The Balaban J connectivity index is 2.97. The second-order valence-corrected chi connectivity index (χ2v) is 4.68. The molecule has 0 fully saturated rings. The summed E-state index contributed by atoms with van der Waals surface area (Å²) in [5.74, 6) is 4.75. The van der Waals surface area contributed by atoms with E-state index in [1.807, 2.05) is 0 Å². The van der Waals surface area contributed by atoms with Gasteiger partial charge in [-0.15, -0.1) is 0 Å². The Bertz CT molecular complexity index is 343. The predicted molar refractivity (Wildman–Crippen MR) is 69.7 cm³/mol. The van der Waals surface area contributed by atoms with E-state index in [0.29, 0.717) is 11.5 Å². The number of nitrogens with two attached hydrogens (primary N) is 1. The van der Waals surface area contributed by atoms with E-state index in [4.69, 9.17) is 5.84 Å². The third-order valence-corrected chi connectivity index (χ3v) is 3.21. The largest absolute Gasteiger partial charge is 0.271 e. The average molecular weight is 256 g/mol. The normalized spacial score (nSPS) is 13.0. The lowest BCUT2D eigenvalue weighted by molar-refractivity contribution is 0.317. The van der Waals surface area contributed by atoms with Crippen molar-refractivity contribution in [1.29, 1.82) is 0 Å². The van der Waals surface area contributed by atoms with Crippen LogP contribution in [-0.4, -0.2) is 0 Å². The maximum absolute atomic E-state index is 13.3. The molecule has 2 nitrogen and oxygen atoms in total.